The maximum atomic E-state index is 12.4. The van der Waals surface area contributed by atoms with Crippen molar-refractivity contribution in [3.05, 3.63) is 47.5 Å². The zero-order valence-corrected chi connectivity index (χ0v) is 10.1. The van der Waals surface area contributed by atoms with Crippen LogP contribution in [0, 0.1) is 18.3 Å². The van der Waals surface area contributed by atoms with Crippen LogP contribution in [-0.4, -0.2) is 15.7 Å². The monoisotopic (exact) mass is 265 g/mol. The maximum absolute atomic E-state index is 12.4. The molecule has 0 fully saturated rings. The molecule has 0 unspecified atom stereocenters. The molecule has 1 aromatic heterocycles. The van der Waals surface area contributed by atoms with Crippen LogP contribution in [0.2, 0.25) is 0 Å². The number of aromatic nitrogens is 2. The topological polar surface area (TPSA) is 41.6 Å². The quantitative estimate of drug-likeness (QED) is 0.837. The highest BCUT2D eigenvalue weighted by Gasteiger charge is 2.28. The van der Waals surface area contributed by atoms with E-state index in [-0.39, 0.29) is 11.1 Å². The van der Waals surface area contributed by atoms with Crippen LogP contribution in [0.15, 0.2) is 30.7 Å². The van der Waals surface area contributed by atoms with Crippen LogP contribution in [0.1, 0.15) is 16.8 Å². The van der Waals surface area contributed by atoms with Crippen LogP contribution in [0.5, 0.6) is 0 Å². The Kier molecular flexibility index (Phi) is 3.30. The molecule has 19 heavy (non-hydrogen) atoms. The summed E-state index contributed by atoms with van der Waals surface area (Å²) in [6.07, 6.45) is -2.16. The van der Waals surface area contributed by atoms with Crippen molar-refractivity contribution in [2.45, 2.75) is 19.5 Å². The lowest BCUT2D eigenvalue weighted by atomic mass is 10.1. The van der Waals surface area contributed by atoms with Gasteiger partial charge in [-0.3, -0.25) is 0 Å². The van der Waals surface area contributed by atoms with Gasteiger partial charge in [-0.1, -0.05) is 0 Å². The van der Waals surface area contributed by atoms with Crippen molar-refractivity contribution >= 4 is 0 Å². The summed E-state index contributed by atoms with van der Waals surface area (Å²) in [6.45, 7) is 1.78. The highest BCUT2D eigenvalue weighted by molar-refractivity contribution is 5.45. The Morgan fingerprint density at radius 1 is 1.32 bits per heavy atom. The highest BCUT2D eigenvalue weighted by atomic mass is 19.4. The molecule has 6 heteroatoms. The SMILES string of the molecule is Cc1cn(-c2cc(C#N)cc(CC(F)(F)F)c2)cn1. The van der Waals surface area contributed by atoms with Crippen LogP contribution in [0.3, 0.4) is 0 Å². The third-order valence-electron chi connectivity index (χ3n) is 2.52. The van der Waals surface area contributed by atoms with Gasteiger partial charge < -0.3 is 4.57 Å². The van der Waals surface area contributed by atoms with Gasteiger partial charge in [-0.05, 0) is 30.7 Å². The predicted octanol–water partition coefficient (Wildman–Crippen LogP) is 3.16. The first-order valence-corrected chi connectivity index (χ1v) is 5.49. The molecule has 98 valence electrons. The molecule has 0 spiro atoms. The molecule has 0 N–H and O–H groups in total. The van der Waals surface area contributed by atoms with E-state index in [1.807, 2.05) is 6.07 Å². The lowest BCUT2D eigenvalue weighted by Crippen LogP contribution is -2.12. The number of nitriles is 1. The van der Waals surface area contributed by atoms with Crippen LogP contribution >= 0.6 is 0 Å². The van der Waals surface area contributed by atoms with Crippen molar-refractivity contribution in [1.29, 1.82) is 5.26 Å². The van der Waals surface area contributed by atoms with Crippen molar-refractivity contribution in [3.8, 4) is 11.8 Å². The Morgan fingerprint density at radius 3 is 2.58 bits per heavy atom. The number of aryl methyl sites for hydroxylation is 1. The van der Waals surface area contributed by atoms with Gasteiger partial charge in [0.15, 0.2) is 0 Å². The summed E-state index contributed by atoms with van der Waals surface area (Å²) < 4.78 is 38.8. The molecule has 2 rings (SSSR count). The second kappa shape index (κ2) is 4.76. The molecule has 0 atom stereocenters. The summed E-state index contributed by atoms with van der Waals surface area (Å²) in [4.78, 5) is 4.01. The molecular weight excluding hydrogens is 255 g/mol. The van der Waals surface area contributed by atoms with Gasteiger partial charge in [0, 0.05) is 11.9 Å². The Labute approximate surface area is 107 Å². The molecule has 0 amide bonds. The molecule has 2 aromatic rings. The van der Waals surface area contributed by atoms with E-state index in [1.165, 1.54) is 24.5 Å². The Morgan fingerprint density at radius 2 is 2.05 bits per heavy atom. The summed E-state index contributed by atoms with van der Waals surface area (Å²) in [5, 5.41) is 8.88. The zero-order chi connectivity index (χ0) is 14.0. The second-order valence-electron chi connectivity index (χ2n) is 4.21. The Bertz CT molecular complexity index is 635. The number of imidazole rings is 1. The molecule has 1 heterocycles. The first kappa shape index (κ1) is 13.1. The molecule has 1 aromatic carbocycles. The highest BCUT2D eigenvalue weighted by Crippen LogP contribution is 2.24. The fraction of sp³-hybridized carbons (Fsp3) is 0.231. The van der Waals surface area contributed by atoms with E-state index in [0.29, 0.717) is 5.69 Å². The number of benzene rings is 1. The van der Waals surface area contributed by atoms with Crippen LogP contribution in [0.4, 0.5) is 13.2 Å². The molecule has 3 nitrogen and oxygen atoms in total. The Hall–Kier alpha value is -2.29. The minimum atomic E-state index is -4.30. The molecule has 0 aliphatic carbocycles. The van der Waals surface area contributed by atoms with Gasteiger partial charge in [-0.2, -0.15) is 18.4 Å². The fourth-order valence-corrected chi connectivity index (χ4v) is 1.78. The normalized spacial score (nSPS) is 11.3. The second-order valence-corrected chi connectivity index (χ2v) is 4.21. The van der Waals surface area contributed by atoms with Gasteiger partial charge in [0.1, 0.15) is 0 Å². The minimum Gasteiger partial charge on any atom is -0.306 e. The van der Waals surface area contributed by atoms with Crippen molar-refractivity contribution in [1.82, 2.24) is 9.55 Å². The number of hydrogen-bond donors (Lipinski definition) is 0. The summed E-state index contributed by atoms with van der Waals surface area (Å²) >= 11 is 0. The largest absolute Gasteiger partial charge is 0.393 e. The number of rotatable bonds is 2. The molecule has 0 radical (unpaired) electrons. The van der Waals surface area contributed by atoms with Crippen molar-refractivity contribution in [3.63, 3.8) is 0 Å². The molecule has 0 aliphatic rings. The molecular formula is C13H10F3N3. The Balaban J connectivity index is 2.45. The standard InChI is InChI=1S/C13H10F3N3/c1-9-7-19(8-18-9)12-3-10(5-13(14,15)16)2-11(4-12)6-17/h2-4,7-8H,5H2,1H3. The lowest BCUT2D eigenvalue weighted by Gasteiger charge is -2.09. The van der Waals surface area contributed by atoms with E-state index in [1.54, 1.807) is 17.7 Å². The zero-order valence-electron chi connectivity index (χ0n) is 10.1. The molecule has 0 bridgehead atoms. The van der Waals surface area contributed by atoms with Gasteiger partial charge in [-0.15, -0.1) is 0 Å². The van der Waals surface area contributed by atoms with Gasteiger partial charge in [0.25, 0.3) is 0 Å². The predicted molar refractivity (Wildman–Crippen MR) is 62.8 cm³/mol. The van der Waals surface area contributed by atoms with Crippen molar-refractivity contribution < 1.29 is 13.2 Å². The van der Waals surface area contributed by atoms with Gasteiger partial charge >= 0.3 is 6.18 Å². The van der Waals surface area contributed by atoms with E-state index in [2.05, 4.69) is 4.98 Å². The van der Waals surface area contributed by atoms with Gasteiger partial charge in [0.05, 0.1) is 30.1 Å². The lowest BCUT2D eigenvalue weighted by molar-refractivity contribution is -0.127. The third-order valence-corrected chi connectivity index (χ3v) is 2.52. The van der Waals surface area contributed by atoms with E-state index in [4.69, 9.17) is 5.26 Å². The van der Waals surface area contributed by atoms with Crippen LogP contribution < -0.4 is 0 Å². The molecule has 0 saturated heterocycles. The summed E-state index contributed by atoms with van der Waals surface area (Å²) in [6, 6.07) is 6.06. The average Bonchev–Trinajstić information content (AvgIpc) is 2.73. The summed E-state index contributed by atoms with van der Waals surface area (Å²) in [7, 11) is 0. The molecule has 0 saturated carbocycles. The summed E-state index contributed by atoms with van der Waals surface area (Å²) in [5.74, 6) is 0. The first-order valence-electron chi connectivity index (χ1n) is 5.49. The maximum Gasteiger partial charge on any atom is 0.393 e. The average molecular weight is 265 g/mol. The van der Waals surface area contributed by atoms with Crippen LogP contribution in [0.25, 0.3) is 5.69 Å². The number of halogens is 3. The van der Waals surface area contributed by atoms with Gasteiger partial charge in [0.2, 0.25) is 0 Å². The number of hydrogen-bond acceptors (Lipinski definition) is 2. The van der Waals surface area contributed by atoms with E-state index in [0.717, 1.165) is 5.69 Å². The summed E-state index contributed by atoms with van der Waals surface area (Å²) in [5.41, 5.74) is 1.51. The number of alkyl halides is 3. The fourth-order valence-electron chi connectivity index (χ4n) is 1.78. The van der Waals surface area contributed by atoms with E-state index >= 15 is 0 Å². The van der Waals surface area contributed by atoms with Crippen LogP contribution in [-0.2, 0) is 6.42 Å². The third kappa shape index (κ3) is 3.35. The van der Waals surface area contributed by atoms with E-state index in [9.17, 15) is 13.2 Å². The molecule has 0 aliphatic heterocycles. The number of nitrogens with zero attached hydrogens (tertiary/aromatic N) is 3. The van der Waals surface area contributed by atoms with Crippen molar-refractivity contribution in [2.24, 2.45) is 0 Å². The minimum absolute atomic E-state index is 0.0629. The first-order chi connectivity index (χ1) is 8.87. The van der Waals surface area contributed by atoms with E-state index < -0.39 is 12.6 Å². The van der Waals surface area contributed by atoms with Crippen molar-refractivity contribution in [2.75, 3.05) is 0 Å². The smallest absolute Gasteiger partial charge is 0.306 e. The van der Waals surface area contributed by atoms with Gasteiger partial charge in [-0.25, -0.2) is 4.98 Å².